The fraction of sp³-hybridized carbons (Fsp3) is 0.353. The Labute approximate surface area is 144 Å². The largest absolute Gasteiger partial charge is 0.389 e. The van der Waals surface area contributed by atoms with Gasteiger partial charge in [0.05, 0.1) is 36.1 Å². The maximum atomic E-state index is 10.1. The first-order valence-electron chi connectivity index (χ1n) is 7.52. The van der Waals surface area contributed by atoms with Gasteiger partial charge < -0.3 is 9.84 Å². The van der Waals surface area contributed by atoms with E-state index in [0.29, 0.717) is 19.8 Å². The molecule has 6 heteroatoms. The highest BCUT2D eigenvalue weighted by atomic mass is 32.1. The van der Waals surface area contributed by atoms with Gasteiger partial charge in [0, 0.05) is 11.4 Å². The first kappa shape index (κ1) is 16.5. The van der Waals surface area contributed by atoms with Gasteiger partial charge in [0.25, 0.3) is 0 Å². The molecule has 4 nitrogen and oxygen atoms in total. The second-order valence-corrected chi connectivity index (χ2v) is 7.67. The Morgan fingerprint density at radius 2 is 2.13 bits per heavy atom. The number of ether oxygens (including phenoxy) is 1. The number of aliphatic hydroxyl groups is 1. The first-order valence-corrected chi connectivity index (χ1v) is 9.21. The summed E-state index contributed by atoms with van der Waals surface area (Å²) in [5.74, 6) is 0. The Balaban J connectivity index is 1.43. The Bertz CT molecular complexity index is 694. The summed E-state index contributed by atoms with van der Waals surface area (Å²) >= 11 is 3.37. The van der Waals surface area contributed by atoms with Gasteiger partial charge in [-0.25, -0.2) is 4.98 Å². The summed E-state index contributed by atoms with van der Waals surface area (Å²) in [6, 6.07) is 12.2. The standard InChI is InChI=1S/C17H20N2O2S2/c1-19(9-13(20)11-21-12-14-5-4-8-22-14)10-17-18-15-6-2-3-7-16(15)23-17/h2-8,13,20H,9-12H2,1H3/t13-/m1/s1. The minimum Gasteiger partial charge on any atom is -0.389 e. The van der Waals surface area contributed by atoms with Gasteiger partial charge in [0.15, 0.2) is 0 Å². The molecule has 3 rings (SSSR count). The molecule has 0 aliphatic carbocycles. The van der Waals surface area contributed by atoms with Crippen LogP contribution in [0.4, 0.5) is 0 Å². The van der Waals surface area contributed by atoms with Crippen LogP contribution in [-0.2, 0) is 17.9 Å². The Morgan fingerprint density at radius 3 is 2.91 bits per heavy atom. The van der Waals surface area contributed by atoms with Gasteiger partial charge >= 0.3 is 0 Å². The molecule has 0 aliphatic rings. The highest BCUT2D eigenvalue weighted by molar-refractivity contribution is 7.18. The molecule has 0 unspecified atom stereocenters. The van der Waals surface area contributed by atoms with E-state index in [1.165, 1.54) is 9.58 Å². The third kappa shape index (κ3) is 4.83. The highest BCUT2D eigenvalue weighted by Gasteiger charge is 2.11. The number of fused-ring (bicyclic) bond motifs is 1. The van der Waals surface area contributed by atoms with E-state index in [1.54, 1.807) is 22.7 Å². The number of aliphatic hydroxyl groups excluding tert-OH is 1. The van der Waals surface area contributed by atoms with Crippen LogP contribution >= 0.6 is 22.7 Å². The topological polar surface area (TPSA) is 45.6 Å². The van der Waals surface area contributed by atoms with E-state index in [-0.39, 0.29) is 0 Å². The Kier molecular flexibility index (Phi) is 5.75. The summed E-state index contributed by atoms with van der Waals surface area (Å²) in [4.78, 5) is 7.88. The van der Waals surface area contributed by atoms with E-state index in [0.717, 1.165) is 17.1 Å². The van der Waals surface area contributed by atoms with E-state index in [2.05, 4.69) is 16.0 Å². The Morgan fingerprint density at radius 1 is 1.26 bits per heavy atom. The lowest BCUT2D eigenvalue weighted by Crippen LogP contribution is -2.31. The molecular weight excluding hydrogens is 328 g/mol. The molecule has 0 saturated heterocycles. The number of thiazole rings is 1. The smallest absolute Gasteiger partial charge is 0.108 e. The number of likely N-dealkylation sites (N-methyl/N-ethyl adjacent to an activating group) is 1. The van der Waals surface area contributed by atoms with Crippen LogP contribution in [0.2, 0.25) is 0 Å². The third-order valence-electron chi connectivity index (χ3n) is 3.40. The van der Waals surface area contributed by atoms with Crippen molar-refractivity contribution in [2.24, 2.45) is 0 Å². The average Bonchev–Trinajstić information content (AvgIpc) is 3.15. The van der Waals surface area contributed by atoms with Gasteiger partial charge in [0.2, 0.25) is 0 Å². The van der Waals surface area contributed by atoms with Crippen LogP contribution in [0.25, 0.3) is 10.2 Å². The maximum absolute atomic E-state index is 10.1. The predicted octanol–water partition coefficient (Wildman–Crippen LogP) is 3.37. The fourth-order valence-corrected chi connectivity index (χ4v) is 4.07. The normalized spacial score (nSPS) is 13.0. The molecule has 1 atom stereocenters. The van der Waals surface area contributed by atoms with Crippen molar-refractivity contribution < 1.29 is 9.84 Å². The summed E-state index contributed by atoms with van der Waals surface area (Å²) in [5.41, 5.74) is 1.04. The number of hydrogen-bond donors (Lipinski definition) is 1. The number of rotatable bonds is 8. The van der Waals surface area contributed by atoms with Gasteiger partial charge in [-0.15, -0.1) is 22.7 Å². The molecule has 23 heavy (non-hydrogen) atoms. The van der Waals surface area contributed by atoms with Crippen molar-refractivity contribution in [1.82, 2.24) is 9.88 Å². The summed E-state index contributed by atoms with van der Waals surface area (Å²) in [6.45, 7) is 2.22. The summed E-state index contributed by atoms with van der Waals surface area (Å²) in [7, 11) is 1.99. The molecule has 2 aromatic heterocycles. The zero-order valence-electron chi connectivity index (χ0n) is 13.0. The number of hydrogen-bond acceptors (Lipinski definition) is 6. The van der Waals surface area contributed by atoms with Crippen molar-refractivity contribution in [3.05, 3.63) is 51.7 Å². The van der Waals surface area contributed by atoms with E-state index < -0.39 is 6.10 Å². The van der Waals surface area contributed by atoms with Crippen molar-refractivity contribution in [3.63, 3.8) is 0 Å². The number of benzene rings is 1. The number of thiophene rings is 1. The van der Waals surface area contributed by atoms with Gasteiger partial charge in [-0.3, -0.25) is 4.90 Å². The monoisotopic (exact) mass is 348 g/mol. The molecule has 0 saturated carbocycles. The van der Waals surface area contributed by atoms with Crippen molar-refractivity contribution >= 4 is 32.9 Å². The average molecular weight is 348 g/mol. The van der Waals surface area contributed by atoms with Crippen LogP contribution in [0.5, 0.6) is 0 Å². The molecule has 1 N–H and O–H groups in total. The van der Waals surface area contributed by atoms with Crippen molar-refractivity contribution in [1.29, 1.82) is 0 Å². The van der Waals surface area contributed by atoms with Crippen LogP contribution in [-0.4, -0.2) is 41.3 Å². The quantitative estimate of drug-likeness (QED) is 0.678. The first-order chi connectivity index (χ1) is 11.2. The molecule has 2 heterocycles. The molecule has 122 valence electrons. The highest BCUT2D eigenvalue weighted by Crippen LogP contribution is 2.22. The van der Waals surface area contributed by atoms with E-state index in [9.17, 15) is 5.11 Å². The van der Waals surface area contributed by atoms with Gasteiger partial charge in [0.1, 0.15) is 5.01 Å². The molecule has 3 aromatic rings. The fourth-order valence-electron chi connectivity index (χ4n) is 2.39. The lowest BCUT2D eigenvalue weighted by molar-refractivity contribution is 0.0135. The summed E-state index contributed by atoms with van der Waals surface area (Å²) < 4.78 is 6.76. The van der Waals surface area contributed by atoms with Crippen LogP contribution in [0.15, 0.2) is 41.8 Å². The minimum atomic E-state index is -0.491. The van der Waals surface area contributed by atoms with E-state index in [1.807, 2.05) is 42.8 Å². The molecule has 0 bridgehead atoms. The van der Waals surface area contributed by atoms with Crippen LogP contribution in [0.1, 0.15) is 9.88 Å². The van der Waals surface area contributed by atoms with Crippen LogP contribution in [0, 0.1) is 0 Å². The van der Waals surface area contributed by atoms with Crippen molar-refractivity contribution in [2.45, 2.75) is 19.3 Å². The number of nitrogens with zero attached hydrogens (tertiary/aromatic N) is 2. The molecule has 0 fully saturated rings. The maximum Gasteiger partial charge on any atom is 0.108 e. The molecule has 0 aliphatic heterocycles. The summed E-state index contributed by atoms with van der Waals surface area (Å²) in [6.07, 6.45) is -0.491. The summed E-state index contributed by atoms with van der Waals surface area (Å²) in [5, 5.41) is 13.2. The third-order valence-corrected chi connectivity index (χ3v) is 5.27. The Hall–Kier alpha value is -1.31. The molecule has 0 spiro atoms. The lowest BCUT2D eigenvalue weighted by atomic mass is 10.3. The lowest BCUT2D eigenvalue weighted by Gasteiger charge is -2.19. The molecular formula is C17H20N2O2S2. The van der Waals surface area contributed by atoms with Crippen LogP contribution < -0.4 is 0 Å². The molecule has 0 amide bonds. The van der Waals surface area contributed by atoms with Crippen molar-refractivity contribution in [3.8, 4) is 0 Å². The van der Waals surface area contributed by atoms with Gasteiger partial charge in [-0.2, -0.15) is 0 Å². The second kappa shape index (κ2) is 7.99. The predicted molar refractivity (Wildman–Crippen MR) is 95.9 cm³/mol. The SMILES string of the molecule is CN(Cc1nc2ccccc2s1)C[C@@H](O)COCc1cccs1. The van der Waals surface area contributed by atoms with Crippen molar-refractivity contribution in [2.75, 3.05) is 20.2 Å². The second-order valence-electron chi connectivity index (χ2n) is 5.52. The zero-order valence-corrected chi connectivity index (χ0v) is 14.6. The van der Waals surface area contributed by atoms with E-state index in [4.69, 9.17) is 4.74 Å². The van der Waals surface area contributed by atoms with Gasteiger partial charge in [-0.05, 0) is 30.6 Å². The zero-order chi connectivity index (χ0) is 16.1. The van der Waals surface area contributed by atoms with Gasteiger partial charge in [-0.1, -0.05) is 18.2 Å². The molecule has 1 aromatic carbocycles. The molecule has 0 radical (unpaired) electrons. The minimum absolute atomic E-state index is 0.349. The van der Waals surface area contributed by atoms with E-state index >= 15 is 0 Å². The van der Waals surface area contributed by atoms with Crippen LogP contribution in [0.3, 0.4) is 0 Å². The number of aromatic nitrogens is 1. The number of para-hydroxylation sites is 1.